The molecule has 2 heteroatoms. The number of thiophene rings is 1. The number of rotatable bonds is 7. The summed E-state index contributed by atoms with van der Waals surface area (Å²) in [6.07, 6.45) is 0. The van der Waals surface area contributed by atoms with Crippen LogP contribution in [0.1, 0.15) is 0 Å². The number of hydrogen-bond donors (Lipinski definition) is 0. The van der Waals surface area contributed by atoms with Gasteiger partial charge in [-0.2, -0.15) is 0 Å². The molecule has 254 valence electrons. The lowest BCUT2D eigenvalue weighted by Gasteiger charge is -2.27. The Morgan fingerprint density at radius 2 is 0.833 bits per heavy atom. The van der Waals surface area contributed by atoms with Crippen molar-refractivity contribution in [2.24, 2.45) is 0 Å². The van der Waals surface area contributed by atoms with E-state index in [4.69, 9.17) is 0 Å². The fourth-order valence-electron chi connectivity index (χ4n) is 7.83. The van der Waals surface area contributed by atoms with Gasteiger partial charge in [0.05, 0.1) is 0 Å². The standard InChI is InChI=1S/C52H35NS/c1-2-13-36(14-3-1)39-17-8-18-40(33-39)41-19-9-21-44(34-41)53(45-22-10-20-42(35-45)47-25-11-16-37-15-4-5-23-46(37)47)43-31-29-38(30-32-43)48-26-12-27-50-49-24-6-7-28-51(49)54-52(48)50/h1-35H. The highest BCUT2D eigenvalue weighted by atomic mass is 32.1. The van der Waals surface area contributed by atoms with Gasteiger partial charge in [0.15, 0.2) is 0 Å². The predicted molar refractivity (Wildman–Crippen MR) is 233 cm³/mol. The molecule has 0 aliphatic heterocycles. The Hall–Kier alpha value is -6.74. The SMILES string of the molecule is c1ccc(-c2cccc(-c3cccc(N(c4ccc(-c5cccc6c5sc5ccccc56)cc4)c4cccc(-c5cccc6ccccc56)c4)c3)c2)cc1. The molecule has 0 saturated carbocycles. The van der Waals surface area contributed by atoms with Gasteiger partial charge in [-0.15, -0.1) is 11.3 Å². The highest BCUT2D eigenvalue weighted by molar-refractivity contribution is 7.26. The second kappa shape index (κ2) is 13.7. The molecule has 0 atom stereocenters. The van der Waals surface area contributed by atoms with E-state index in [1.807, 2.05) is 11.3 Å². The molecule has 0 radical (unpaired) electrons. The van der Waals surface area contributed by atoms with Crippen LogP contribution in [0.4, 0.5) is 17.1 Å². The summed E-state index contributed by atoms with van der Waals surface area (Å²) in [7, 11) is 0. The molecule has 54 heavy (non-hydrogen) atoms. The van der Waals surface area contributed by atoms with Crippen molar-refractivity contribution in [2.75, 3.05) is 4.90 Å². The van der Waals surface area contributed by atoms with Crippen molar-refractivity contribution in [3.63, 3.8) is 0 Å². The van der Waals surface area contributed by atoms with Gasteiger partial charge in [0.2, 0.25) is 0 Å². The fourth-order valence-corrected chi connectivity index (χ4v) is 9.07. The van der Waals surface area contributed by atoms with Gasteiger partial charge in [-0.3, -0.25) is 0 Å². The van der Waals surface area contributed by atoms with Crippen LogP contribution < -0.4 is 4.90 Å². The average Bonchev–Trinajstić information content (AvgIpc) is 3.64. The molecule has 0 fully saturated rings. The van der Waals surface area contributed by atoms with Gasteiger partial charge in [0.25, 0.3) is 0 Å². The molecular weight excluding hydrogens is 671 g/mol. The first-order valence-electron chi connectivity index (χ1n) is 18.4. The maximum atomic E-state index is 2.39. The molecule has 0 amide bonds. The Morgan fingerprint density at radius 3 is 1.65 bits per heavy atom. The van der Waals surface area contributed by atoms with Crippen molar-refractivity contribution in [1.82, 2.24) is 0 Å². The second-order valence-corrected chi connectivity index (χ2v) is 14.8. The molecule has 1 aromatic heterocycles. The minimum Gasteiger partial charge on any atom is -0.310 e. The third-order valence-corrected chi connectivity index (χ3v) is 11.7. The molecule has 1 heterocycles. The van der Waals surface area contributed by atoms with Gasteiger partial charge in [-0.05, 0) is 104 Å². The summed E-state index contributed by atoms with van der Waals surface area (Å²) in [4.78, 5) is 2.39. The van der Waals surface area contributed by atoms with Crippen LogP contribution in [-0.4, -0.2) is 0 Å². The van der Waals surface area contributed by atoms with Crippen LogP contribution in [0.3, 0.4) is 0 Å². The first-order valence-corrected chi connectivity index (χ1v) is 19.2. The van der Waals surface area contributed by atoms with E-state index in [1.54, 1.807) is 0 Å². The summed E-state index contributed by atoms with van der Waals surface area (Å²) in [5.41, 5.74) is 13.0. The predicted octanol–water partition coefficient (Wildman–Crippen LogP) is 15.3. The van der Waals surface area contributed by atoms with E-state index in [0.29, 0.717) is 0 Å². The number of nitrogens with zero attached hydrogens (tertiary/aromatic N) is 1. The van der Waals surface area contributed by atoms with E-state index < -0.39 is 0 Å². The van der Waals surface area contributed by atoms with E-state index in [1.165, 1.54) is 75.5 Å². The summed E-state index contributed by atoms with van der Waals surface area (Å²) >= 11 is 1.88. The van der Waals surface area contributed by atoms with E-state index in [2.05, 4.69) is 217 Å². The molecule has 10 rings (SSSR count). The van der Waals surface area contributed by atoms with Crippen molar-refractivity contribution in [2.45, 2.75) is 0 Å². The summed E-state index contributed by atoms with van der Waals surface area (Å²) in [6.45, 7) is 0. The zero-order valence-corrected chi connectivity index (χ0v) is 30.4. The molecule has 0 N–H and O–H groups in total. The Kier molecular flexibility index (Phi) is 8.09. The van der Waals surface area contributed by atoms with Crippen molar-refractivity contribution >= 4 is 59.3 Å². The highest BCUT2D eigenvalue weighted by Crippen LogP contribution is 2.43. The molecule has 0 aliphatic carbocycles. The van der Waals surface area contributed by atoms with Gasteiger partial charge < -0.3 is 4.90 Å². The van der Waals surface area contributed by atoms with Crippen LogP contribution in [0, 0.1) is 0 Å². The van der Waals surface area contributed by atoms with E-state index in [-0.39, 0.29) is 0 Å². The first kappa shape index (κ1) is 32.0. The minimum atomic E-state index is 1.10. The fraction of sp³-hybridized carbons (Fsp3) is 0. The van der Waals surface area contributed by atoms with E-state index >= 15 is 0 Å². The highest BCUT2D eigenvalue weighted by Gasteiger charge is 2.17. The lowest BCUT2D eigenvalue weighted by molar-refractivity contribution is 1.28. The summed E-state index contributed by atoms with van der Waals surface area (Å²) < 4.78 is 2.65. The second-order valence-electron chi connectivity index (χ2n) is 13.7. The van der Waals surface area contributed by atoms with Crippen LogP contribution >= 0.6 is 11.3 Å². The Morgan fingerprint density at radius 1 is 0.296 bits per heavy atom. The summed E-state index contributed by atoms with van der Waals surface area (Å²) in [5.74, 6) is 0. The molecule has 0 saturated heterocycles. The molecular formula is C52H35NS. The third kappa shape index (κ3) is 5.84. The first-order chi connectivity index (χ1) is 26.8. The molecule has 0 bridgehead atoms. The smallest absolute Gasteiger partial charge is 0.0467 e. The lowest BCUT2D eigenvalue weighted by atomic mass is 9.97. The Balaban J connectivity index is 1.10. The zero-order valence-electron chi connectivity index (χ0n) is 29.6. The number of benzene rings is 9. The molecule has 1 nitrogen and oxygen atoms in total. The minimum absolute atomic E-state index is 1.10. The monoisotopic (exact) mass is 705 g/mol. The van der Waals surface area contributed by atoms with Gasteiger partial charge in [-0.1, -0.05) is 164 Å². The molecule has 0 unspecified atom stereocenters. The maximum absolute atomic E-state index is 2.39. The summed E-state index contributed by atoms with van der Waals surface area (Å²) in [5, 5.41) is 5.13. The number of anilines is 3. The molecule has 0 spiro atoms. The molecule has 9 aromatic carbocycles. The van der Waals surface area contributed by atoms with E-state index in [0.717, 1.165) is 17.1 Å². The van der Waals surface area contributed by atoms with Gasteiger partial charge in [0.1, 0.15) is 0 Å². The van der Waals surface area contributed by atoms with Crippen LogP contribution in [-0.2, 0) is 0 Å². The van der Waals surface area contributed by atoms with Crippen molar-refractivity contribution < 1.29 is 0 Å². The zero-order chi connectivity index (χ0) is 35.8. The van der Waals surface area contributed by atoms with Gasteiger partial charge in [-0.25, -0.2) is 0 Å². The quantitative estimate of drug-likeness (QED) is 0.160. The average molecular weight is 706 g/mol. The topological polar surface area (TPSA) is 3.24 Å². The van der Waals surface area contributed by atoms with Crippen molar-refractivity contribution in [3.8, 4) is 44.5 Å². The molecule has 0 aliphatic rings. The normalized spacial score (nSPS) is 11.3. The Bertz CT molecular complexity index is 2930. The largest absolute Gasteiger partial charge is 0.310 e. The van der Waals surface area contributed by atoms with Crippen molar-refractivity contribution in [1.29, 1.82) is 0 Å². The summed E-state index contributed by atoms with van der Waals surface area (Å²) in [6, 6.07) is 77.1. The van der Waals surface area contributed by atoms with Crippen LogP contribution in [0.5, 0.6) is 0 Å². The lowest BCUT2D eigenvalue weighted by Crippen LogP contribution is -2.10. The Labute approximate surface area is 319 Å². The van der Waals surface area contributed by atoms with Crippen LogP contribution in [0.2, 0.25) is 0 Å². The number of fused-ring (bicyclic) bond motifs is 4. The van der Waals surface area contributed by atoms with Crippen LogP contribution in [0.25, 0.3) is 75.5 Å². The van der Waals surface area contributed by atoms with Gasteiger partial charge >= 0.3 is 0 Å². The maximum Gasteiger partial charge on any atom is 0.0467 e. The van der Waals surface area contributed by atoms with Crippen LogP contribution in [0.15, 0.2) is 212 Å². The molecule has 10 aromatic rings. The number of hydrogen-bond acceptors (Lipinski definition) is 2. The third-order valence-electron chi connectivity index (χ3n) is 10.5. The van der Waals surface area contributed by atoms with Crippen molar-refractivity contribution in [3.05, 3.63) is 212 Å². The van der Waals surface area contributed by atoms with Gasteiger partial charge in [0, 0.05) is 37.2 Å². The van der Waals surface area contributed by atoms with E-state index in [9.17, 15) is 0 Å².